The number of amides is 1. The number of carbonyl (C=O) groups is 1. The van der Waals surface area contributed by atoms with E-state index in [4.69, 9.17) is 4.52 Å². The number of pyridine rings is 1. The van der Waals surface area contributed by atoms with Crippen LogP contribution in [0.25, 0.3) is 0 Å². The molecule has 5 nitrogen and oxygen atoms in total. The second-order valence-electron chi connectivity index (χ2n) is 8.48. The number of hydrogen-bond acceptors (Lipinski definition) is 5. The lowest BCUT2D eigenvalue weighted by Crippen LogP contribution is -2.36. The fourth-order valence-electron chi connectivity index (χ4n) is 4.13. The van der Waals surface area contributed by atoms with E-state index in [0.29, 0.717) is 11.3 Å². The summed E-state index contributed by atoms with van der Waals surface area (Å²) in [6, 6.07) is 12.1. The van der Waals surface area contributed by atoms with Crippen LogP contribution < -0.4 is 5.32 Å². The average Bonchev–Trinajstić information content (AvgIpc) is 3.06. The van der Waals surface area contributed by atoms with Gasteiger partial charge in [-0.2, -0.15) is 0 Å². The van der Waals surface area contributed by atoms with Crippen molar-refractivity contribution in [2.45, 2.75) is 62.8 Å². The van der Waals surface area contributed by atoms with E-state index in [2.05, 4.69) is 47.5 Å². The Bertz CT molecular complexity index is 1050. The first-order valence-corrected chi connectivity index (χ1v) is 11.3. The van der Waals surface area contributed by atoms with Gasteiger partial charge in [0.1, 0.15) is 10.8 Å². The topological polar surface area (TPSA) is 68.0 Å². The molecule has 1 aliphatic carbocycles. The van der Waals surface area contributed by atoms with E-state index in [1.165, 1.54) is 22.9 Å². The predicted molar refractivity (Wildman–Crippen MR) is 119 cm³/mol. The van der Waals surface area contributed by atoms with Crippen molar-refractivity contribution in [3.63, 3.8) is 0 Å². The number of benzene rings is 1. The quantitative estimate of drug-likeness (QED) is 0.549. The van der Waals surface area contributed by atoms with Crippen molar-refractivity contribution >= 4 is 17.7 Å². The summed E-state index contributed by atoms with van der Waals surface area (Å²) in [6.45, 7) is 8.38. The lowest BCUT2D eigenvalue weighted by atomic mass is 9.71. The molecule has 30 heavy (non-hydrogen) atoms. The molecule has 2 heterocycles. The first-order chi connectivity index (χ1) is 14.4. The van der Waals surface area contributed by atoms with Gasteiger partial charge in [0.25, 0.3) is 5.91 Å². The summed E-state index contributed by atoms with van der Waals surface area (Å²) in [5.74, 6) is 1.39. The molecule has 2 aromatic heterocycles. The van der Waals surface area contributed by atoms with E-state index >= 15 is 0 Å². The standard InChI is InChI=1S/C24H27N3O2S/c1-15-19(16(2)29-27-15)14-30-23-18(9-7-13-25-23)22(28)26-21-11-12-24(3,4)20-10-6-5-8-17(20)21/h5-10,13,21H,11-12,14H2,1-4H3,(H,26,28). The Hall–Kier alpha value is -2.60. The van der Waals surface area contributed by atoms with Crippen molar-refractivity contribution in [3.05, 3.63) is 76.3 Å². The number of nitrogens with zero attached hydrogens (tertiary/aromatic N) is 2. The smallest absolute Gasteiger partial charge is 0.254 e. The molecule has 0 saturated carbocycles. The van der Waals surface area contributed by atoms with Crippen LogP contribution in [0.15, 0.2) is 52.1 Å². The summed E-state index contributed by atoms with van der Waals surface area (Å²) in [6.07, 6.45) is 3.69. The first-order valence-electron chi connectivity index (χ1n) is 10.3. The molecule has 0 saturated heterocycles. The van der Waals surface area contributed by atoms with Gasteiger partial charge in [-0.3, -0.25) is 4.79 Å². The Morgan fingerprint density at radius 3 is 2.80 bits per heavy atom. The van der Waals surface area contributed by atoms with Gasteiger partial charge in [-0.1, -0.05) is 43.3 Å². The number of nitrogens with one attached hydrogen (secondary N) is 1. The fraction of sp³-hybridized carbons (Fsp3) is 0.375. The Morgan fingerprint density at radius 1 is 1.23 bits per heavy atom. The van der Waals surface area contributed by atoms with Crippen LogP contribution in [0.3, 0.4) is 0 Å². The maximum absolute atomic E-state index is 13.2. The number of aryl methyl sites for hydroxylation is 2. The van der Waals surface area contributed by atoms with Crippen LogP contribution in [0.4, 0.5) is 0 Å². The molecule has 6 heteroatoms. The number of fused-ring (bicyclic) bond motifs is 1. The molecule has 0 radical (unpaired) electrons. The highest BCUT2D eigenvalue weighted by Gasteiger charge is 2.33. The molecule has 1 aromatic carbocycles. The average molecular weight is 422 g/mol. The molecular formula is C24H27N3O2S. The third-order valence-corrected chi connectivity index (χ3v) is 7.01. The second-order valence-corrected chi connectivity index (χ2v) is 9.45. The lowest BCUT2D eigenvalue weighted by molar-refractivity contribution is 0.0925. The van der Waals surface area contributed by atoms with E-state index in [9.17, 15) is 4.79 Å². The highest BCUT2D eigenvalue weighted by atomic mass is 32.2. The van der Waals surface area contributed by atoms with Gasteiger partial charge in [0.2, 0.25) is 0 Å². The molecule has 156 valence electrons. The molecule has 1 N–H and O–H groups in total. The zero-order valence-corrected chi connectivity index (χ0v) is 18.7. The van der Waals surface area contributed by atoms with Crippen molar-refractivity contribution in [1.29, 1.82) is 0 Å². The van der Waals surface area contributed by atoms with E-state index in [1.54, 1.807) is 6.20 Å². The van der Waals surface area contributed by atoms with Crippen molar-refractivity contribution < 1.29 is 9.32 Å². The summed E-state index contributed by atoms with van der Waals surface area (Å²) >= 11 is 1.54. The molecule has 0 aliphatic heterocycles. The van der Waals surface area contributed by atoms with E-state index in [-0.39, 0.29) is 17.4 Å². The van der Waals surface area contributed by atoms with Gasteiger partial charge in [-0.05, 0) is 55.4 Å². The monoisotopic (exact) mass is 421 g/mol. The third-order valence-electron chi connectivity index (χ3n) is 5.98. The van der Waals surface area contributed by atoms with Crippen LogP contribution in [-0.2, 0) is 11.2 Å². The highest BCUT2D eigenvalue weighted by Crippen LogP contribution is 2.41. The third kappa shape index (κ3) is 4.01. The van der Waals surface area contributed by atoms with Gasteiger partial charge in [-0.15, -0.1) is 11.8 Å². The summed E-state index contributed by atoms with van der Waals surface area (Å²) in [5.41, 5.74) is 5.21. The molecule has 4 rings (SSSR count). The van der Waals surface area contributed by atoms with Crippen molar-refractivity contribution in [1.82, 2.24) is 15.5 Å². The molecular weight excluding hydrogens is 394 g/mol. The van der Waals surface area contributed by atoms with Crippen LogP contribution in [0.5, 0.6) is 0 Å². The number of aromatic nitrogens is 2. The molecule has 1 unspecified atom stereocenters. The summed E-state index contributed by atoms with van der Waals surface area (Å²) in [4.78, 5) is 17.7. The molecule has 0 bridgehead atoms. The zero-order chi connectivity index (χ0) is 21.3. The minimum absolute atomic E-state index is 0.0161. The number of hydrogen-bond donors (Lipinski definition) is 1. The van der Waals surface area contributed by atoms with Crippen LogP contribution in [0.2, 0.25) is 0 Å². The molecule has 3 aromatic rings. The Morgan fingerprint density at radius 2 is 2.03 bits per heavy atom. The maximum Gasteiger partial charge on any atom is 0.254 e. The molecule has 1 aliphatic rings. The summed E-state index contributed by atoms with van der Waals surface area (Å²) in [7, 11) is 0. The molecule has 0 spiro atoms. The Balaban J connectivity index is 1.54. The summed E-state index contributed by atoms with van der Waals surface area (Å²) < 4.78 is 5.25. The normalized spacial score (nSPS) is 17.4. The molecule has 1 atom stereocenters. The predicted octanol–water partition coefficient (Wildman–Crippen LogP) is 5.52. The number of carbonyl (C=O) groups excluding carboxylic acids is 1. The van der Waals surface area contributed by atoms with Crippen molar-refractivity contribution in [3.8, 4) is 0 Å². The van der Waals surface area contributed by atoms with Crippen LogP contribution >= 0.6 is 11.8 Å². The van der Waals surface area contributed by atoms with Crippen LogP contribution in [0, 0.1) is 13.8 Å². The number of rotatable bonds is 5. The zero-order valence-electron chi connectivity index (χ0n) is 17.9. The van der Waals surface area contributed by atoms with Gasteiger partial charge < -0.3 is 9.84 Å². The maximum atomic E-state index is 13.2. The lowest BCUT2D eigenvalue weighted by Gasteiger charge is -2.37. The molecule has 0 fully saturated rings. The van der Waals surface area contributed by atoms with Gasteiger partial charge in [-0.25, -0.2) is 4.98 Å². The van der Waals surface area contributed by atoms with Crippen molar-refractivity contribution in [2.75, 3.05) is 0 Å². The van der Waals surface area contributed by atoms with E-state index < -0.39 is 0 Å². The van der Waals surface area contributed by atoms with Crippen LogP contribution in [-0.4, -0.2) is 16.0 Å². The first kappa shape index (κ1) is 20.7. The van der Waals surface area contributed by atoms with Gasteiger partial charge in [0.15, 0.2) is 0 Å². The Kier molecular flexibility index (Phi) is 5.69. The highest BCUT2D eigenvalue weighted by molar-refractivity contribution is 7.98. The largest absolute Gasteiger partial charge is 0.361 e. The van der Waals surface area contributed by atoms with E-state index in [1.807, 2.05) is 32.0 Å². The van der Waals surface area contributed by atoms with Gasteiger partial charge in [0, 0.05) is 17.5 Å². The summed E-state index contributed by atoms with van der Waals surface area (Å²) in [5, 5.41) is 7.99. The minimum atomic E-state index is -0.0797. The fourth-order valence-corrected chi connectivity index (χ4v) is 5.27. The van der Waals surface area contributed by atoms with E-state index in [0.717, 1.165) is 34.9 Å². The SMILES string of the molecule is Cc1noc(C)c1CSc1ncccc1C(=O)NC1CCC(C)(C)c2ccccc21. The van der Waals surface area contributed by atoms with Gasteiger partial charge >= 0.3 is 0 Å². The second kappa shape index (κ2) is 8.26. The van der Waals surface area contributed by atoms with Gasteiger partial charge in [0.05, 0.1) is 17.3 Å². The Labute approximate surface area is 181 Å². The molecule has 1 amide bonds. The minimum Gasteiger partial charge on any atom is -0.361 e. The van der Waals surface area contributed by atoms with Crippen LogP contribution in [0.1, 0.15) is 71.2 Å². The van der Waals surface area contributed by atoms with Crippen molar-refractivity contribution in [2.24, 2.45) is 0 Å². The number of thioether (sulfide) groups is 1.